The molecule has 128 valence electrons. The molecule has 0 saturated heterocycles. The lowest BCUT2D eigenvalue weighted by atomic mass is 10.1. The highest BCUT2D eigenvalue weighted by Gasteiger charge is 2.31. The summed E-state index contributed by atoms with van der Waals surface area (Å²) in [4.78, 5) is 36.5. The fourth-order valence-electron chi connectivity index (χ4n) is 3.03. The summed E-state index contributed by atoms with van der Waals surface area (Å²) < 4.78 is 5.02. The predicted molar refractivity (Wildman–Crippen MR) is 90.5 cm³/mol. The Bertz CT molecular complexity index is 849. The summed E-state index contributed by atoms with van der Waals surface area (Å²) in [6.45, 7) is 1.45. The number of nitro benzene ring substituents is 1. The molecule has 3 rings (SSSR count). The van der Waals surface area contributed by atoms with Gasteiger partial charge in [-0.25, -0.2) is 4.79 Å². The zero-order valence-corrected chi connectivity index (χ0v) is 13.5. The number of nitro groups is 1. The maximum absolute atomic E-state index is 12.5. The number of hydrogen-bond donors (Lipinski definition) is 0. The van der Waals surface area contributed by atoms with Gasteiger partial charge in [0.15, 0.2) is 6.61 Å². The number of carbonyl (C=O) groups is 2. The van der Waals surface area contributed by atoms with Gasteiger partial charge in [-0.3, -0.25) is 14.9 Å². The SMILES string of the molecule is C[C@H]1Cc2ccccc2N1C(=O)COC(=O)c1ccccc1[N+](=O)[O-]. The van der Waals surface area contributed by atoms with E-state index in [1.807, 2.05) is 31.2 Å². The van der Waals surface area contributed by atoms with Crippen LogP contribution in [0.2, 0.25) is 0 Å². The fourth-order valence-corrected chi connectivity index (χ4v) is 3.03. The minimum Gasteiger partial charge on any atom is -0.452 e. The van der Waals surface area contributed by atoms with Crippen LogP contribution in [0, 0.1) is 10.1 Å². The second kappa shape index (κ2) is 6.72. The number of anilines is 1. The molecule has 0 bridgehead atoms. The van der Waals surface area contributed by atoms with Crippen molar-refractivity contribution in [2.45, 2.75) is 19.4 Å². The van der Waals surface area contributed by atoms with Gasteiger partial charge >= 0.3 is 5.97 Å². The van der Waals surface area contributed by atoms with Crippen molar-refractivity contribution in [3.05, 3.63) is 69.8 Å². The number of para-hydroxylation sites is 2. The number of ether oxygens (including phenoxy) is 1. The molecule has 1 aliphatic rings. The summed E-state index contributed by atoms with van der Waals surface area (Å²) in [6.07, 6.45) is 0.736. The van der Waals surface area contributed by atoms with Gasteiger partial charge in [-0.1, -0.05) is 30.3 Å². The standard InChI is InChI=1S/C18H16N2O5/c1-12-10-13-6-2-4-8-15(13)19(12)17(21)11-25-18(22)14-7-3-5-9-16(14)20(23)24/h2-9,12H,10-11H2,1H3/t12-/m0/s1. The number of rotatable bonds is 4. The zero-order valence-electron chi connectivity index (χ0n) is 13.5. The van der Waals surface area contributed by atoms with Gasteiger partial charge in [-0.2, -0.15) is 0 Å². The summed E-state index contributed by atoms with van der Waals surface area (Å²) in [5.41, 5.74) is 1.35. The first-order chi connectivity index (χ1) is 12.0. The van der Waals surface area contributed by atoms with Crippen molar-refractivity contribution < 1.29 is 19.2 Å². The normalized spacial score (nSPS) is 15.6. The molecule has 7 heteroatoms. The Morgan fingerprint density at radius 2 is 1.88 bits per heavy atom. The van der Waals surface area contributed by atoms with E-state index in [-0.39, 0.29) is 23.2 Å². The molecule has 0 fully saturated rings. The Labute approximate surface area is 144 Å². The molecule has 1 amide bonds. The summed E-state index contributed by atoms with van der Waals surface area (Å²) in [5.74, 6) is -1.25. The molecule has 1 aliphatic heterocycles. The molecule has 0 unspecified atom stereocenters. The van der Waals surface area contributed by atoms with Crippen LogP contribution in [0.15, 0.2) is 48.5 Å². The summed E-state index contributed by atoms with van der Waals surface area (Å²) in [7, 11) is 0. The molecule has 7 nitrogen and oxygen atoms in total. The Balaban J connectivity index is 1.71. The molecule has 2 aromatic rings. The molecule has 0 aliphatic carbocycles. The van der Waals surface area contributed by atoms with E-state index in [1.165, 1.54) is 24.3 Å². The number of nitrogens with zero attached hydrogens (tertiary/aromatic N) is 2. The van der Waals surface area contributed by atoms with Crippen LogP contribution < -0.4 is 4.90 Å². The van der Waals surface area contributed by atoms with Crippen LogP contribution >= 0.6 is 0 Å². The van der Waals surface area contributed by atoms with E-state index < -0.39 is 17.5 Å². The molecule has 0 spiro atoms. The molecule has 1 heterocycles. The van der Waals surface area contributed by atoms with E-state index in [0.29, 0.717) is 0 Å². The van der Waals surface area contributed by atoms with Gasteiger partial charge in [-0.05, 0) is 31.0 Å². The van der Waals surface area contributed by atoms with Gasteiger partial charge in [-0.15, -0.1) is 0 Å². The third-order valence-electron chi connectivity index (χ3n) is 4.12. The molecule has 25 heavy (non-hydrogen) atoms. The van der Waals surface area contributed by atoms with E-state index in [1.54, 1.807) is 4.90 Å². The fraction of sp³-hybridized carbons (Fsp3) is 0.222. The first kappa shape index (κ1) is 16.6. The minimum atomic E-state index is -0.888. The van der Waals surface area contributed by atoms with Crippen LogP contribution in [0.5, 0.6) is 0 Å². The second-order valence-corrected chi connectivity index (χ2v) is 5.80. The summed E-state index contributed by atoms with van der Waals surface area (Å²) in [5, 5.41) is 11.0. The first-order valence-electron chi connectivity index (χ1n) is 7.79. The van der Waals surface area contributed by atoms with Crippen LogP contribution in [-0.4, -0.2) is 29.4 Å². The molecular formula is C18H16N2O5. The quantitative estimate of drug-likeness (QED) is 0.485. The molecule has 0 aromatic heterocycles. The van der Waals surface area contributed by atoms with Crippen LogP contribution in [0.4, 0.5) is 11.4 Å². The lowest BCUT2D eigenvalue weighted by Crippen LogP contribution is -2.38. The van der Waals surface area contributed by atoms with Crippen molar-refractivity contribution >= 4 is 23.3 Å². The largest absolute Gasteiger partial charge is 0.452 e. The number of benzene rings is 2. The number of esters is 1. The predicted octanol–water partition coefficient (Wildman–Crippen LogP) is 2.73. The Morgan fingerprint density at radius 1 is 1.20 bits per heavy atom. The molecule has 0 saturated carbocycles. The van der Waals surface area contributed by atoms with Crippen molar-refractivity contribution in [1.29, 1.82) is 0 Å². The van der Waals surface area contributed by atoms with E-state index in [9.17, 15) is 19.7 Å². The van der Waals surface area contributed by atoms with E-state index >= 15 is 0 Å². The highest BCUT2D eigenvalue weighted by atomic mass is 16.6. The monoisotopic (exact) mass is 340 g/mol. The van der Waals surface area contributed by atoms with Gasteiger partial charge in [0.1, 0.15) is 5.56 Å². The number of carbonyl (C=O) groups excluding carboxylic acids is 2. The molecular weight excluding hydrogens is 324 g/mol. The molecule has 0 N–H and O–H groups in total. The van der Waals surface area contributed by atoms with Gasteiger partial charge in [0, 0.05) is 17.8 Å². The lowest BCUT2D eigenvalue weighted by molar-refractivity contribution is -0.385. The van der Waals surface area contributed by atoms with E-state index in [2.05, 4.69) is 0 Å². The van der Waals surface area contributed by atoms with Crippen molar-refractivity contribution in [3.63, 3.8) is 0 Å². The van der Waals surface area contributed by atoms with Gasteiger partial charge in [0.2, 0.25) is 0 Å². The maximum Gasteiger partial charge on any atom is 0.345 e. The Hall–Kier alpha value is -3.22. The number of amides is 1. The molecule has 2 aromatic carbocycles. The second-order valence-electron chi connectivity index (χ2n) is 5.80. The van der Waals surface area contributed by atoms with Crippen molar-refractivity contribution in [1.82, 2.24) is 0 Å². The van der Waals surface area contributed by atoms with Crippen molar-refractivity contribution in [2.24, 2.45) is 0 Å². The molecule has 0 radical (unpaired) electrons. The van der Waals surface area contributed by atoms with Gasteiger partial charge in [0.25, 0.3) is 11.6 Å². The van der Waals surface area contributed by atoms with Crippen LogP contribution in [0.25, 0.3) is 0 Å². The van der Waals surface area contributed by atoms with Crippen LogP contribution in [-0.2, 0) is 16.0 Å². The van der Waals surface area contributed by atoms with Crippen molar-refractivity contribution in [2.75, 3.05) is 11.5 Å². The minimum absolute atomic E-state index is 0.0327. The Kier molecular flexibility index (Phi) is 4.47. The first-order valence-corrected chi connectivity index (χ1v) is 7.79. The highest BCUT2D eigenvalue weighted by molar-refractivity contribution is 6.00. The smallest absolute Gasteiger partial charge is 0.345 e. The topological polar surface area (TPSA) is 89.8 Å². The van der Waals surface area contributed by atoms with E-state index in [0.717, 1.165) is 17.7 Å². The third kappa shape index (κ3) is 3.21. The maximum atomic E-state index is 12.5. The summed E-state index contributed by atoms with van der Waals surface area (Å²) >= 11 is 0. The number of hydrogen-bond acceptors (Lipinski definition) is 5. The summed E-state index contributed by atoms with van der Waals surface area (Å²) in [6, 6.07) is 13.0. The average Bonchev–Trinajstić information content (AvgIpc) is 2.95. The average molecular weight is 340 g/mol. The van der Waals surface area contributed by atoms with Crippen LogP contribution in [0.3, 0.4) is 0 Å². The zero-order chi connectivity index (χ0) is 18.0. The van der Waals surface area contributed by atoms with Gasteiger partial charge in [0.05, 0.1) is 4.92 Å². The van der Waals surface area contributed by atoms with Crippen molar-refractivity contribution in [3.8, 4) is 0 Å². The Morgan fingerprint density at radius 3 is 2.64 bits per heavy atom. The van der Waals surface area contributed by atoms with E-state index in [4.69, 9.17) is 4.74 Å². The third-order valence-corrected chi connectivity index (χ3v) is 4.12. The van der Waals surface area contributed by atoms with Crippen LogP contribution in [0.1, 0.15) is 22.8 Å². The number of fused-ring (bicyclic) bond motifs is 1. The molecule has 1 atom stereocenters. The van der Waals surface area contributed by atoms with Gasteiger partial charge < -0.3 is 9.64 Å². The lowest BCUT2D eigenvalue weighted by Gasteiger charge is -2.22. The highest BCUT2D eigenvalue weighted by Crippen LogP contribution is 2.31.